The summed E-state index contributed by atoms with van der Waals surface area (Å²) in [6, 6.07) is 8.07. The number of aromatic amines is 1. The molecule has 0 aliphatic carbocycles. The predicted octanol–water partition coefficient (Wildman–Crippen LogP) is 2.48. The zero-order valence-corrected chi connectivity index (χ0v) is 9.53. The standard InChI is InChI=1S/C13H17N3/c1-10-9-15-13(16-10)4-2-3-11-5-7-12(14)8-6-11/h5-9H,2-4,14H2,1H3,(H,15,16). The fourth-order valence-corrected chi connectivity index (χ4v) is 1.74. The van der Waals surface area contributed by atoms with Crippen LogP contribution in [0.2, 0.25) is 0 Å². The highest BCUT2D eigenvalue weighted by Crippen LogP contribution is 2.09. The molecule has 1 aromatic carbocycles. The second-order valence-electron chi connectivity index (χ2n) is 4.11. The molecule has 1 aromatic heterocycles. The molecule has 0 amide bonds. The minimum atomic E-state index is 0.824. The molecule has 84 valence electrons. The van der Waals surface area contributed by atoms with Crippen LogP contribution in [-0.4, -0.2) is 9.97 Å². The fourth-order valence-electron chi connectivity index (χ4n) is 1.74. The number of H-pyrrole nitrogens is 1. The van der Waals surface area contributed by atoms with Crippen LogP contribution in [0.3, 0.4) is 0 Å². The lowest BCUT2D eigenvalue weighted by atomic mass is 10.1. The molecule has 2 rings (SSSR count). The summed E-state index contributed by atoms with van der Waals surface area (Å²) in [6.45, 7) is 2.02. The van der Waals surface area contributed by atoms with Gasteiger partial charge in [-0.1, -0.05) is 12.1 Å². The highest BCUT2D eigenvalue weighted by atomic mass is 14.9. The second-order valence-corrected chi connectivity index (χ2v) is 4.11. The number of rotatable bonds is 4. The summed E-state index contributed by atoms with van der Waals surface area (Å²) in [4.78, 5) is 7.53. The zero-order chi connectivity index (χ0) is 11.4. The van der Waals surface area contributed by atoms with Crippen molar-refractivity contribution in [3.63, 3.8) is 0 Å². The molecule has 0 unspecified atom stereocenters. The second kappa shape index (κ2) is 4.84. The van der Waals surface area contributed by atoms with E-state index in [4.69, 9.17) is 5.73 Å². The van der Waals surface area contributed by atoms with Crippen LogP contribution in [0.25, 0.3) is 0 Å². The maximum atomic E-state index is 5.63. The van der Waals surface area contributed by atoms with E-state index in [9.17, 15) is 0 Å². The van der Waals surface area contributed by atoms with E-state index in [1.54, 1.807) is 0 Å². The van der Waals surface area contributed by atoms with Crippen LogP contribution in [0.15, 0.2) is 30.5 Å². The van der Waals surface area contributed by atoms with E-state index >= 15 is 0 Å². The topological polar surface area (TPSA) is 54.7 Å². The summed E-state index contributed by atoms with van der Waals surface area (Å²) in [5.74, 6) is 1.08. The number of nitrogens with zero attached hydrogens (tertiary/aromatic N) is 1. The zero-order valence-electron chi connectivity index (χ0n) is 9.53. The van der Waals surface area contributed by atoms with E-state index in [1.807, 2.05) is 25.3 Å². The van der Waals surface area contributed by atoms with Crippen LogP contribution in [-0.2, 0) is 12.8 Å². The first-order valence-corrected chi connectivity index (χ1v) is 5.59. The molecule has 0 spiro atoms. The van der Waals surface area contributed by atoms with Gasteiger partial charge in [0.1, 0.15) is 5.82 Å². The smallest absolute Gasteiger partial charge is 0.106 e. The lowest BCUT2D eigenvalue weighted by Crippen LogP contribution is -1.93. The molecule has 0 bridgehead atoms. The van der Waals surface area contributed by atoms with E-state index in [0.29, 0.717) is 0 Å². The van der Waals surface area contributed by atoms with Crippen molar-refractivity contribution in [2.24, 2.45) is 0 Å². The SMILES string of the molecule is Cc1cnc(CCCc2ccc(N)cc2)[nH]1. The van der Waals surface area contributed by atoms with Crippen molar-refractivity contribution in [3.05, 3.63) is 47.5 Å². The van der Waals surface area contributed by atoms with Gasteiger partial charge in [0.2, 0.25) is 0 Å². The molecule has 16 heavy (non-hydrogen) atoms. The molecule has 0 aliphatic heterocycles. The number of imidazole rings is 1. The summed E-state index contributed by atoms with van der Waals surface area (Å²) in [5, 5.41) is 0. The number of hydrogen-bond acceptors (Lipinski definition) is 2. The number of nitrogens with one attached hydrogen (secondary N) is 1. The van der Waals surface area contributed by atoms with Crippen molar-refractivity contribution in [2.45, 2.75) is 26.2 Å². The monoisotopic (exact) mass is 215 g/mol. The Morgan fingerprint density at radius 1 is 1.19 bits per heavy atom. The molecule has 3 nitrogen and oxygen atoms in total. The molecule has 0 radical (unpaired) electrons. The molecule has 0 aliphatic rings. The van der Waals surface area contributed by atoms with Crippen LogP contribution >= 0.6 is 0 Å². The molecule has 0 saturated carbocycles. The third-order valence-electron chi connectivity index (χ3n) is 2.61. The van der Waals surface area contributed by atoms with Gasteiger partial charge in [-0.15, -0.1) is 0 Å². The van der Waals surface area contributed by atoms with Crippen LogP contribution < -0.4 is 5.73 Å². The Morgan fingerprint density at radius 3 is 2.56 bits per heavy atom. The van der Waals surface area contributed by atoms with Gasteiger partial charge in [0, 0.05) is 24.0 Å². The first-order chi connectivity index (χ1) is 7.74. The average Bonchev–Trinajstić information content (AvgIpc) is 2.67. The number of anilines is 1. The molecule has 1 heterocycles. The molecular weight excluding hydrogens is 198 g/mol. The van der Waals surface area contributed by atoms with Gasteiger partial charge in [-0.3, -0.25) is 0 Å². The predicted molar refractivity (Wildman–Crippen MR) is 66.2 cm³/mol. The highest BCUT2D eigenvalue weighted by molar-refractivity contribution is 5.39. The third kappa shape index (κ3) is 2.86. The average molecular weight is 215 g/mol. The van der Waals surface area contributed by atoms with E-state index < -0.39 is 0 Å². The normalized spacial score (nSPS) is 10.6. The number of aromatic nitrogens is 2. The molecule has 0 saturated heterocycles. The molecular formula is C13H17N3. The summed E-state index contributed by atoms with van der Waals surface area (Å²) in [7, 11) is 0. The minimum absolute atomic E-state index is 0.824. The largest absolute Gasteiger partial charge is 0.399 e. The fraction of sp³-hybridized carbons (Fsp3) is 0.308. The van der Waals surface area contributed by atoms with Crippen LogP contribution in [0.4, 0.5) is 5.69 Å². The van der Waals surface area contributed by atoms with Gasteiger partial charge in [-0.05, 0) is 37.5 Å². The first-order valence-electron chi connectivity index (χ1n) is 5.59. The van der Waals surface area contributed by atoms with Crippen molar-refractivity contribution in [1.82, 2.24) is 9.97 Å². The van der Waals surface area contributed by atoms with Gasteiger partial charge in [-0.2, -0.15) is 0 Å². The van der Waals surface area contributed by atoms with E-state index in [2.05, 4.69) is 22.1 Å². The van der Waals surface area contributed by atoms with Gasteiger partial charge < -0.3 is 10.7 Å². The highest BCUT2D eigenvalue weighted by Gasteiger charge is 1.98. The molecule has 3 N–H and O–H groups in total. The molecule has 0 fully saturated rings. The van der Waals surface area contributed by atoms with Crippen molar-refractivity contribution >= 4 is 5.69 Å². The van der Waals surface area contributed by atoms with Crippen LogP contribution in [0.5, 0.6) is 0 Å². The van der Waals surface area contributed by atoms with Crippen molar-refractivity contribution in [1.29, 1.82) is 0 Å². The van der Waals surface area contributed by atoms with E-state index in [-0.39, 0.29) is 0 Å². The summed E-state index contributed by atoms with van der Waals surface area (Å²) >= 11 is 0. The number of hydrogen-bond donors (Lipinski definition) is 2. The summed E-state index contributed by atoms with van der Waals surface area (Å²) in [6.07, 6.45) is 5.05. The molecule has 3 heteroatoms. The lowest BCUT2D eigenvalue weighted by molar-refractivity contribution is 0.782. The van der Waals surface area contributed by atoms with Crippen LogP contribution in [0, 0.1) is 6.92 Å². The Morgan fingerprint density at radius 2 is 1.94 bits per heavy atom. The van der Waals surface area contributed by atoms with Gasteiger partial charge in [0.25, 0.3) is 0 Å². The molecule has 2 aromatic rings. The summed E-state index contributed by atoms with van der Waals surface area (Å²) in [5.41, 5.74) is 8.92. The number of nitrogen functional groups attached to an aromatic ring is 1. The Bertz CT molecular complexity index is 442. The Balaban J connectivity index is 1.82. The van der Waals surface area contributed by atoms with Gasteiger partial charge in [0.05, 0.1) is 0 Å². The maximum absolute atomic E-state index is 5.63. The maximum Gasteiger partial charge on any atom is 0.106 e. The third-order valence-corrected chi connectivity index (χ3v) is 2.61. The van der Waals surface area contributed by atoms with Crippen molar-refractivity contribution < 1.29 is 0 Å². The van der Waals surface area contributed by atoms with Crippen molar-refractivity contribution in [2.75, 3.05) is 5.73 Å². The van der Waals surface area contributed by atoms with Crippen LogP contribution in [0.1, 0.15) is 23.5 Å². The Kier molecular flexibility index (Phi) is 3.25. The van der Waals surface area contributed by atoms with Gasteiger partial charge >= 0.3 is 0 Å². The van der Waals surface area contributed by atoms with E-state index in [1.165, 1.54) is 5.56 Å². The van der Waals surface area contributed by atoms with Crippen molar-refractivity contribution in [3.8, 4) is 0 Å². The molecule has 0 atom stereocenters. The van der Waals surface area contributed by atoms with E-state index in [0.717, 1.165) is 36.5 Å². The Hall–Kier alpha value is -1.77. The van der Waals surface area contributed by atoms with Gasteiger partial charge in [-0.25, -0.2) is 4.98 Å². The number of benzene rings is 1. The first kappa shape index (κ1) is 10.7. The number of aryl methyl sites for hydroxylation is 3. The minimum Gasteiger partial charge on any atom is -0.399 e. The summed E-state index contributed by atoms with van der Waals surface area (Å²) < 4.78 is 0. The quantitative estimate of drug-likeness (QED) is 0.770. The van der Waals surface area contributed by atoms with Gasteiger partial charge in [0.15, 0.2) is 0 Å². The number of nitrogens with two attached hydrogens (primary N) is 1. The lowest BCUT2D eigenvalue weighted by Gasteiger charge is -2.00. The Labute approximate surface area is 95.7 Å².